The number of thioether (sulfide) groups is 1. The Balaban J connectivity index is 1.16. The van der Waals surface area contributed by atoms with Gasteiger partial charge in [0.15, 0.2) is 5.16 Å². The standard InChI is InChI=1S/C27H29N5OS/c1-20-10-11-24(16-21(20)2)32-19-28-29-27(32)34-18-26(33)31-14-12-30(13-15-31)17-23-8-5-7-22-6-3-4-9-25(22)23/h3-11,16,19H,12-15,17-18H2,1-2H3. The highest BCUT2D eigenvalue weighted by Gasteiger charge is 2.22. The fourth-order valence-corrected chi connectivity index (χ4v) is 5.25. The van der Waals surface area contributed by atoms with Crippen LogP contribution in [0.25, 0.3) is 16.5 Å². The van der Waals surface area contributed by atoms with Gasteiger partial charge >= 0.3 is 0 Å². The van der Waals surface area contributed by atoms with Crippen LogP contribution >= 0.6 is 11.8 Å². The van der Waals surface area contributed by atoms with Crippen LogP contribution in [0, 0.1) is 13.8 Å². The van der Waals surface area contributed by atoms with Gasteiger partial charge in [0.2, 0.25) is 5.91 Å². The fourth-order valence-electron chi connectivity index (χ4n) is 4.42. The average Bonchev–Trinajstić information content (AvgIpc) is 3.34. The second kappa shape index (κ2) is 9.99. The molecule has 1 aromatic heterocycles. The van der Waals surface area contributed by atoms with Gasteiger partial charge in [0.05, 0.1) is 5.75 Å². The van der Waals surface area contributed by atoms with Crippen molar-refractivity contribution in [2.75, 3.05) is 31.9 Å². The van der Waals surface area contributed by atoms with Gasteiger partial charge in [-0.2, -0.15) is 0 Å². The summed E-state index contributed by atoms with van der Waals surface area (Å²) in [6.45, 7) is 8.40. The largest absolute Gasteiger partial charge is 0.339 e. The van der Waals surface area contributed by atoms with Gasteiger partial charge in [0, 0.05) is 38.4 Å². The molecule has 1 aliphatic heterocycles. The highest BCUT2D eigenvalue weighted by molar-refractivity contribution is 7.99. The Kier molecular flexibility index (Phi) is 6.65. The van der Waals surface area contributed by atoms with Gasteiger partial charge in [-0.25, -0.2) is 0 Å². The number of nitrogens with zero attached hydrogens (tertiary/aromatic N) is 5. The van der Waals surface area contributed by atoms with Crippen molar-refractivity contribution in [3.05, 3.63) is 83.7 Å². The van der Waals surface area contributed by atoms with E-state index in [-0.39, 0.29) is 5.91 Å². The highest BCUT2D eigenvalue weighted by atomic mass is 32.2. The molecule has 0 saturated carbocycles. The van der Waals surface area contributed by atoms with E-state index in [4.69, 9.17) is 0 Å². The molecule has 0 radical (unpaired) electrons. The molecule has 1 saturated heterocycles. The summed E-state index contributed by atoms with van der Waals surface area (Å²) in [4.78, 5) is 17.3. The van der Waals surface area contributed by atoms with Crippen LogP contribution < -0.4 is 0 Å². The summed E-state index contributed by atoms with van der Waals surface area (Å²) < 4.78 is 1.95. The maximum Gasteiger partial charge on any atom is 0.233 e. The third-order valence-corrected chi connectivity index (χ3v) is 7.54. The molecule has 1 aliphatic rings. The van der Waals surface area contributed by atoms with E-state index in [9.17, 15) is 4.79 Å². The van der Waals surface area contributed by atoms with E-state index in [2.05, 4.69) is 89.6 Å². The first-order chi connectivity index (χ1) is 16.6. The van der Waals surface area contributed by atoms with Gasteiger partial charge in [-0.1, -0.05) is 60.3 Å². The Bertz CT molecular complexity index is 1300. The van der Waals surface area contributed by atoms with Crippen LogP contribution in [-0.2, 0) is 11.3 Å². The predicted molar refractivity (Wildman–Crippen MR) is 137 cm³/mol. The van der Waals surface area contributed by atoms with Gasteiger partial charge < -0.3 is 4.90 Å². The minimum atomic E-state index is 0.157. The number of hydrogen-bond donors (Lipinski definition) is 0. The predicted octanol–water partition coefficient (Wildman–Crippen LogP) is 4.47. The molecule has 0 aliphatic carbocycles. The SMILES string of the molecule is Cc1ccc(-n2cnnc2SCC(=O)N2CCN(Cc3cccc4ccccc34)CC2)cc1C. The molecule has 4 aromatic rings. The minimum absolute atomic E-state index is 0.157. The zero-order valence-corrected chi connectivity index (χ0v) is 20.5. The van der Waals surface area contributed by atoms with Crippen molar-refractivity contribution in [2.24, 2.45) is 0 Å². The summed E-state index contributed by atoms with van der Waals surface area (Å²) in [6, 6.07) is 21.3. The molecule has 174 valence electrons. The maximum absolute atomic E-state index is 12.9. The number of aryl methyl sites for hydroxylation is 2. The number of hydrogen-bond acceptors (Lipinski definition) is 5. The van der Waals surface area contributed by atoms with Crippen LogP contribution in [0.5, 0.6) is 0 Å². The third-order valence-electron chi connectivity index (χ3n) is 6.61. The summed E-state index contributed by atoms with van der Waals surface area (Å²) in [7, 11) is 0. The number of carbonyl (C=O) groups excluding carboxylic acids is 1. The van der Waals surface area contributed by atoms with Gasteiger partial charge in [-0.05, 0) is 53.4 Å². The van der Waals surface area contributed by atoms with Gasteiger partial charge in [0.25, 0.3) is 0 Å². The summed E-state index contributed by atoms with van der Waals surface area (Å²) >= 11 is 1.45. The monoisotopic (exact) mass is 471 g/mol. The minimum Gasteiger partial charge on any atom is -0.339 e. The molecule has 1 fully saturated rings. The van der Waals surface area contributed by atoms with E-state index >= 15 is 0 Å². The topological polar surface area (TPSA) is 54.3 Å². The van der Waals surface area contributed by atoms with Crippen molar-refractivity contribution in [1.29, 1.82) is 0 Å². The number of benzene rings is 3. The highest BCUT2D eigenvalue weighted by Crippen LogP contribution is 2.23. The number of aromatic nitrogens is 3. The molecule has 0 N–H and O–H groups in total. The normalized spacial score (nSPS) is 14.6. The number of amides is 1. The Morgan fingerprint density at radius 1 is 0.941 bits per heavy atom. The molecule has 0 atom stereocenters. The van der Waals surface area contributed by atoms with E-state index in [1.165, 1.54) is 39.2 Å². The summed E-state index contributed by atoms with van der Waals surface area (Å²) in [5.74, 6) is 0.525. The smallest absolute Gasteiger partial charge is 0.233 e. The summed E-state index contributed by atoms with van der Waals surface area (Å²) in [5.41, 5.74) is 4.84. The third kappa shape index (κ3) is 4.86. The van der Waals surface area contributed by atoms with E-state index in [1.807, 2.05) is 9.47 Å². The molecule has 0 spiro atoms. The lowest BCUT2D eigenvalue weighted by atomic mass is 10.0. The van der Waals surface area contributed by atoms with E-state index in [0.29, 0.717) is 5.75 Å². The van der Waals surface area contributed by atoms with Crippen LogP contribution in [0.1, 0.15) is 16.7 Å². The molecule has 3 aromatic carbocycles. The Morgan fingerprint density at radius 3 is 2.56 bits per heavy atom. The lowest BCUT2D eigenvalue weighted by Crippen LogP contribution is -2.48. The zero-order chi connectivity index (χ0) is 23.5. The molecule has 6 nitrogen and oxygen atoms in total. The van der Waals surface area contributed by atoms with Crippen molar-refractivity contribution < 1.29 is 4.79 Å². The number of carbonyl (C=O) groups is 1. The van der Waals surface area contributed by atoms with E-state index < -0.39 is 0 Å². The number of rotatable bonds is 6. The molecular weight excluding hydrogens is 442 g/mol. The van der Waals surface area contributed by atoms with E-state index in [0.717, 1.165) is 43.6 Å². The van der Waals surface area contributed by atoms with Crippen molar-refractivity contribution in [3.8, 4) is 5.69 Å². The van der Waals surface area contributed by atoms with Gasteiger partial charge in [-0.3, -0.25) is 14.3 Å². The first-order valence-electron chi connectivity index (χ1n) is 11.7. The fraction of sp³-hybridized carbons (Fsp3) is 0.296. The first-order valence-corrected chi connectivity index (χ1v) is 12.6. The Hall–Kier alpha value is -3.16. The molecular formula is C27H29N5OS. The second-order valence-electron chi connectivity index (χ2n) is 8.84. The molecule has 0 unspecified atom stereocenters. The average molecular weight is 472 g/mol. The summed E-state index contributed by atoms with van der Waals surface area (Å²) in [6.07, 6.45) is 1.71. The Morgan fingerprint density at radius 2 is 1.74 bits per heavy atom. The van der Waals surface area contributed by atoms with Crippen LogP contribution in [-0.4, -0.2) is 62.4 Å². The van der Waals surface area contributed by atoms with Crippen LogP contribution in [0.3, 0.4) is 0 Å². The van der Waals surface area contributed by atoms with Crippen molar-refractivity contribution in [2.45, 2.75) is 25.5 Å². The van der Waals surface area contributed by atoms with Crippen molar-refractivity contribution in [3.63, 3.8) is 0 Å². The second-order valence-corrected chi connectivity index (χ2v) is 9.78. The lowest BCUT2D eigenvalue weighted by Gasteiger charge is -2.35. The number of fused-ring (bicyclic) bond motifs is 1. The quantitative estimate of drug-likeness (QED) is 0.388. The van der Waals surface area contributed by atoms with E-state index in [1.54, 1.807) is 6.33 Å². The summed E-state index contributed by atoms with van der Waals surface area (Å²) in [5, 5.41) is 11.6. The zero-order valence-electron chi connectivity index (χ0n) is 19.6. The van der Waals surface area contributed by atoms with Crippen LogP contribution in [0.2, 0.25) is 0 Å². The molecule has 0 bridgehead atoms. The number of piperazine rings is 1. The Labute approximate surface area is 204 Å². The first kappa shape index (κ1) is 22.6. The lowest BCUT2D eigenvalue weighted by molar-refractivity contribution is -0.130. The molecule has 7 heteroatoms. The van der Waals surface area contributed by atoms with Gasteiger partial charge in [-0.15, -0.1) is 10.2 Å². The van der Waals surface area contributed by atoms with Crippen LogP contribution in [0.15, 0.2) is 72.1 Å². The molecule has 34 heavy (non-hydrogen) atoms. The van der Waals surface area contributed by atoms with Gasteiger partial charge in [0.1, 0.15) is 6.33 Å². The molecule has 2 heterocycles. The van der Waals surface area contributed by atoms with Crippen molar-refractivity contribution in [1.82, 2.24) is 24.6 Å². The molecule has 5 rings (SSSR count). The van der Waals surface area contributed by atoms with Crippen LogP contribution in [0.4, 0.5) is 0 Å². The van der Waals surface area contributed by atoms with Crippen molar-refractivity contribution >= 4 is 28.4 Å². The molecule has 1 amide bonds. The maximum atomic E-state index is 12.9.